The zero-order valence-corrected chi connectivity index (χ0v) is 15.2. The van der Waals surface area contributed by atoms with Crippen molar-refractivity contribution < 1.29 is 14.4 Å². The lowest BCUT2D eigenvalue weighted by Crippen LogP contribution is -1.88. The maximum Gasteiger partial charge on any atom is 0.270 e. The summed E-state index contributed by atoms with van der Waals surface area (Å²) in [4.78, 5) is 18.0. The van der Waals surface area contributed by atoms with Crippen LogP contribution in [-0.2, 0) is 0 Å². The summed E-state index contributed by atoms with van der Waals surface area (Å²) in [6, 6.07) is 14.7. The van der Waals surface area contributed by atoms with E-state index in [1.54, 1.807) is 12.1 Å². The van der Waals surface area contributed by atoms with Gasteiger partial charge in [0.1, 0.15) is 29.2 Å². The smallest absolute Gasteiger partial charge is 0.270 e. The number of aromatic hydroxyl groups is 1. The van der Waals surface area contributed by atoms with Gasteiger partial charge in [0.15, 0.2) is 0 Å². The third-order valence-corrected chi connectivity index (χ3v) is 4.38. The van der Waals surface area contributed by atoms with Gasteiger partial charge in [0.05, 0.1) is 27.1 Å². The monoisotopic (exact) mass is 386 g/mol. The minimum absolute atomic E-state index is 0.145. The molecule has 0 saturated carbocycles. The zero-order chi connectivity index (χ0) is 20.5. The number of H-pyrrole nitrogens is 1. The number of hydrogen-bond donors (Lipinski definition) is 2. The first-order chi connectivity index (χ1) is 13.9. The van der Waals surface area contributed by atoms with Gasteiger partial charge in [0, 0.05) is 18.2 Å². The number of aromatic amines is 1. The highest BCUT2D eigenvalue weighted by molar-refractivity contribution is 5.90. The quantitative estimate of drug-likeness (QED) is 0.294. The lowest BCUT2D eigenvalue weighted by molar-refractivity contribution is -0.384. The lowest BCUT2D eigenvalue weighted by atomic mass is 10.1. The van der Waals surface area contributed by atoms with Gasteiger partial charge in [-0.15, -0.1) is 0 Å². The van der Waals surface area contributed by atoms with Gasteiger partial charge in [-0.1, -0.05) is 6.07 Å². The Hall–Kier alpha value is -4.38. The zero-order valence-electron chi connectivity index (χ0n) is 15.2. The number of nitro groups is 1. The number of imidazole rings is 1. The van der Waals surface area contributed by atoms with Gasteiger partial charge in [0.25, 0.3) is 5.69 Å². The van der Waals surface area contributed by atoms with Crippen LogP contribution in [0.1, 0.15) is 17.1 Å². The Bertz CT molecular complexity index is 1320. The van der Waals surface area contributed by atoms with Gasteiger partial charge in [-0.05, 0) is 42.8 Å². The van der Waals surface area contributed by atoms with Crippen LogP contribution in [0.3, 0.4) is 0 Å². The van der Waals surface area contributed by atoms with Crippen LogP contribution in [0.4, 0.5) is 5.69 Å². The molecule has 2 aromatic heterocycles. The summed E-state index contributed by atoms with van der Waals surface area (Å²) in [6.07, 6.45) is 1.52. The average molecular weight is 386 g/mol. The Kier molecular flexibility index (Phi) is 4.33. The second-order valence-electron chi connectivity index (χ2n) is 6.44. The Balaban J connectivity index is 1.71. The van der Waals surface area contributed by atoms with Crippen molar-refractivity contribution in [3.63, 3.8) is 0 Å². The van der Waals surface area contributed by atoms with E-state index in [2.05, 4.69) is 16.0 Å². The number of non-ortho nitro benzene ring substituents is 1. The summed E-state index contributed by atoms with van der Waals surface area (Å²) in [6.45, 7) is 1.97. The molecule has 0 aliphatic rings. The molecule has 8 heteroatoms. The van der Waals surface area contributed by atoms with E-state index in [0.717, 1.165) is 16.6 Å². The molecule has 0 atom stereocenters. The van der Waals surface area contributed by atoms with Crippen LogP contribution < -0.4 is 0 Å². The van der Waals surface area contributed by atoms with Crippen molar-refractivity contribution >= 4 is 28.4 Å². The molecule has 2 aromatic carbocycles. The van der Waals surface area contributed by atoms with E-state index in [-0.39, 0.29) is 28.3 Å². The van der Waals surface area contributed by atoms with Crippen molar-refractivity contribution in [2.75, 3.05) is 0 Å². The Morgan fingerprint density at radius 1 is 1.28 bits per heavy atom. The number of nitro benzene ring substituents is 1. The third-order valence-electron chi connectivity index (χ3n) is 4.38. The maximum absolute atomic E-state index is 11.0. The fourth-order valence-electron chi connectivity index (χ4n) is 2.96. The van der Waals surface area contributed by atoms with Crippen LogP contribution >= 0.6 is 0 Å². The molecule has 0 aliphatic carbocycles. The Morgan fingerprint density at radius 3 is 2.86 bits per heavy atom. The maximum atomic E-state index is 11.0. The van der Waals surface area contributed by atoms with Crippen molar-refractivity contribution in [3.05, 3.63) is 75.8 Å². The molecule has 0 bridgehead atoms. The van der Waals surface area contributed by atoms with Crippen LogP contribution in [0, 0.1) is 28.4 Å². The minimum Gasteiger partial charge on any atom is -0.507 e. The molecule has 0 aliphatic heterocycles. The number of phenolic OH excluding ortho intramolecular Hbond substituents is 1. The van der Waals surface area contributed by atoms with E-state index in [0.29, 0.717) is 11.6 Å². The first kappa shape index (κ1) is 18.0. The highest BCUT2D eigenvalue weighted by Crippen LogP contribution is 2.34. The van der Waals surface area contributed by atoms with Crippen molar-refractivity contribution in [1.82, 2.24) is 9.97 Å². The van der Waals surface area contributed by atoms with Gasteiger partial charge in [-0.2, -0.15) is 5.26 Å². The van der Waals surface area contributed by atoms with E-state index < -0.39 is 4.92 Å². The molecule has 0 fully saturated rings. The molecule has 8 nitrogen and oxygen atoms in total. The molecule has 29 heavy (non-hydrogen) atoms. The lowest BCUT2D eigenvalue weighted by Gasteiger charge is -2.01. The fraction of sp³-hybridized carbons (Fsp3) is 0.0476. The molecule has 2 N–H and O–H groups in total. The first-order valence-corrected chi connectivity index (χ1v) is 8.61. The average Bonchev–Trinajstić information content (AvgIpc) is 3.32. The summed E-state index contributed by atoms with van der Waals surface area (Å²) < 4.78 is 5.68. The molecule has 0 saturated heterocycles. The van der Waals surface area contributed by atoms with Gasteiger partial charge in [0.2, 0.25) is 0 Å². The largest absolute Gasteiger partial charge is 0.507 e. The Labute approximate surface area is 164 Å². The number of nitrogens with zero attached hydrogens (tertiary/aromatic N) is 3. The molecule has 4 rings (SSSR count). The minimum atomic E-state index is -0.552. The van der Waals surface area contributed by atoms with Crippen LogP contribution in [0.2, 0.25) is 0 Å². The van der Waals surface area contributed by atoms with Crippen molar-refractivity contribution in [1.29, 1.82) is 5.26 Å². The molecule has 0 radical (unpaired) electrons. The summed E-state index contributed by atoms with van der Waals surface area (Å²) in [5.41, 5.74) is 2.93. The second kappa shape index (κ2) is 6.98. The number of rotatable bonds is 4. The number of fused-ring (bicyclic) bond motifs is 1. The van der Waals surface area contributed by atoms with E-state index in [1.165, 1.54) is 24.3 Å². The number of allylic oxidation sites excluding steroid dienone is 1. The van der Waals surface area contributed by atoms with Gasteiger partial charge >= 0.3 is 0 Å². The first-order valence-electron chi connectivity index (χ1n) is 8.61. The van der Waals surface area contributed by atoms with E-state index in [1.807, 2.05) is 25.1 Å². The van der Waals surface area contributed by atoms with Gasteiger partial charge in [-0.3, -0.25) is 10.1 Å². The topological polar surface area (TPSA) is 129 Å². The van der Waals surface area contributed by atoms with Crippen LogP contribution in [0.15, 0.2) is 52.9 Å². The summed E-state index contributed by atoms with van der Waals surface area (Å²) in [5.74, 6) is 0.854. The van der Waals surface area contributed by atoms with Gasteiger partial charge in [-0.25, -0.2) is 4.98 Å². The van der Waals surface area contributed by atoms with Crippen molar-refractivity contribution in [2.45, 2.75) is 6.92 Å². The molecular weight excluding hydrogens is 372 g/mol. The summed E-state index contributed by atoms with van der Waals surface area (Å²) >= 11 is 0. The predicted octanol–water partition coefficient (Wildman–Crippen LogP) is 4.81. The fourth-order valence-corrected chi connectivity index (χ4v) is 2.96. The summed E-state index contributed by atoms with van der Waals surface area (Å²) in [7, 11) is 0. The molecule has 142 valence electrons. The molecule has 0 unspecified atom stereocenters. The normalized spacial score (nSPS) is 11.5. The summed E-state index contributed by atoms with van der Waals surface area (Å²) in [5, 5.41) is 30.5. The van der Waals surface area contributed by atoms with Crippen LogP contribution in [-0.4, -0.2) is 20.0 Å². The number of aryl methyl sites for hydroxylation is 1. The molecular formula is C21H14N4O4. The van der Waals surface area contributed by atoms with Crippen LogP contribution in [0.5, 0.6) is 5.75 Å². The molecule has 4 aromatic rings. The number of nitriles is 1. The highest BCUT2D eigenvalue weighted by atomic mass is 16.6. The second-order valence-corrected chi connectivity index (χ2v) is 6.44. The number of phenols is 1. The molecule has 0 amide bonds. The highest BCUT2D eigenvalue weighted by Gasteiger charge is 2.15. The Morgan fingerprint density at radius 2 is 2.10 bits per heavy atom. The van der Waals surface area contributed by atoms with Crippen molar-refractivity contribution in [2.24, 2.45) is 0 Å². The van der Waals surface area contributed by atoms with E-state index >= 15 is 0 Å². The van der Waals surface area contributed by atoms with E-state index in [9.17, 15) is 20.5 Å². The van der Waals surface area contributed by atoms with Gasteiger partial charge < -0.3 is 14.5 Å². The SMILES string of the molecule is Cc1ccc2nc(/C(C#N)=C\c3ccc(-c4cc([N+](=O)[O-])ccc4O)o3)[nH]c2c1. The van der Waals surface area contributed by atoms with Crippen LogP contribution in [0.25, 0.3) is 34.0 Å². The standard InChI is InChI=1S/C21H14N4O4/c1-12-2-5-17-18(8-12)24-21(23-17)13(11-22)9-15-4-7-20(29-15)16-10-14(25(27)28)3-6-19(16)26/h2-10,26H,1H3,(H,23,24)/b13-9-. The number of benzene rings is 2. The molecule has 0 spiro atoms. The predicted molar refractivity (Wildman–Crippen MR) is 107 cm³/mol. The molecule has 2 heterocycles. The number of hydrogen-bond acceptors (Lipinski definition) is 6. The number of furan rings is 1. The van der Waals surface area contributed by atoms with Crippen molar-refractivity contribution in [3.8, 4) is 23.1 Å². The van der Waals surface area contributed by atoms with E-state index in [4.69, 9.17) is 4.42 Å². The third kappa shape index (κ3) is 3.44. The number of aromatic nitrogens is 2. The number of nitrogens with one attached hydrogen (secondary N) is 1.